The van der Waals surface area contributed by atoms with Crippen molar-refractivity contribution in [1.29, 1.82) is 0 Å². The van der Waals surface area contributed by atoms with Crippen molar-refractivity contribution in [3.8, 4) is 5.75 Å². The minimum absolute atomic E-state index is 0.0297. The highest BCUT2D eigenvalue weighted by Gasteiger charge is 2.24. The molecule has 1 heterocycles. The topological polar surface area (TPSA) is 32.8 Å². The number of carbonyl (C=O) groups excluding carboxylic acids is 1. The fourth-order valence-electron chi connectivity index (χ4n) is 2.94. The van der Waals surface area contributed by atoms with Gasteiger partial charge in [0.05, 0.1) is 12.7 Å². The maximum Gasteiger partial charge on any atom is 0.257 e. The molecule has 1 saturated heterocycles. The first-order chi connectivity index (χ1) is 11.6. The van der Waals surface area contributed by atoms with Crippen molar-refractivity contribution in [2.24, 2.45) is 0 Å². The summed E-state index contributed by atoms with van der Waals surface area (Å²) in [7, 11) is 1.56. The average molecular weight is 345 g/mol. The van der Waals surface area contributed by atoms with Crippen LogP contribution in [0.4, 0.5) is 5.69 Å². The molecule has 0 unspecified atom stereocenters. The smallest absolute Gasteiger partial charge is 0.257 e. The van der Waals surface area contributed by atoms with Crippen LogP contribution in [-0.4, -0.2) is 44.1 Å². The minimum Gasteiger partial charge on any atom is -0.496 e. The van der Waals surface area contributed by atoms with Crippen LogP contribution in [0.3, 0.4) is 0 Å². The number of carbonyl (C=O) groups is 1. The predicted molar refractivity (Wildman–Crippen MR) is 97.3 cm³/mol. The van der Waals surface area contributed by atoms with Crippen molar-refractivity contribution in [2.75, 3.05) is 38.2 Å². The van der Waals surface area contributed by atoms with Gasteiger partial charge in [0.2, 0.25) is 0 Å². The van der Waals surface area contributed by atoms with Crippen molar-refractivity contribution in [2.45, 2.75) is 6.92 Å². The normalized spacial score (nSPS) is 14.6. The number of piperazine rings is 1. The van der Waals surface area contributed by atoms with E-state index in [1.807, 2.05) is 4.90 Å². The Morgan fingerprint density at radius 3 is 2.33 bits per heavy atom. The molecule has 0 N–H and O–H groups in total. The van der Waals surface area contributed by atoms with E-state index in [1.54, 1.807) is 25.3 Å². The lowest BCUT2D eigenvalue weighted by molar-refractivity contribution is 0.0743. The maximum atomic E-state index is 12.8. The largest absolute Gasteiger partial charge is 0.496 e. The van der Waals surface area contributed by atoms with Crippen LogP contribution in [0, 0.1) is 6.92 Å². The molecule has 1 fully saturated rings. The van der Waals surface area contributed by atoms with E-state index in [0.717, 1.165) is 13.1 Å². The highest BCUT2D eigenvalue weighted by atomic mass is 35.5. The molecular formula is C19H21ClN2O2. The molecule has 5 heteroatoms. The van der Waals surface area contributed by atoms with Gasteiger partial charge in [-0.05, 0) is 37.3 Å². The molecule has 3 rings (SSSR count). The van der Waals surface area contributed by atoms with Gasteiger partial charge < -0.3 is 14.5 Å². The van der Waals surface area contributed by atoms with Crippen LogP contribution in [-0.2, 0) is 0 Å². The third-order valence-electron chi connectivity index (χ3n) is 4.36. The van der Waals surface area contributed by atoms with E-state index in [1.165, 1.54) is 11.3 Å². The van der Waals surface area contributed by atoms with Gasteiger partial charge in [0, 0.05) is 36.9 Å². The quantitative estimate of drug-likeness (QED) is 0.852. The number of hydrogen-bond acceptors (Lipinski definition) is 3. The van der Waals surface area contributed by atoms with Crippen LogP contribution in [0.5, 0.6) is 5.75 Å². The highest BCUT2D eigenvalue weighted by Crippen LogP contribution is 2.25. The minimum atomic E-state index is -0.0297. The Bertz CT molecular complexity index is 723. The van der Waals surface area contributed by atoms with E-state index in [9.17, 15) is 4.79 Å². The molecular weight excluding hydrogens is 324 g/mol. The number of aryl methyl sites for hydroxylation is 1. The van der Waals surface area contributed by atoms with Crippen molar-refractivity contribution in [3.63, 3.8) is 0 Å². The van der Waals surface area contributed by atoms with Crippen molar-refractivity contribution >= 4 is 23.2 Å². The van der Waals surface area contributed by atoms with Gasteiger partial charge in [0.15, 0.2) is 0 Å². The van der Waals surface area contributed by atoms with Crippen molar-refractivity contribution < 1.29 is 9.53 Å². The molecule has 2 aromatic rings. The summed E-state index contributed by atoms with van der Waals surface area (Å²) in [4.78, 5) is 17.0. The molecule has 0 bridgehead atoms. The second kappa shape index (κ2) is 7.14. The van der Waals surface area contributed by atoms with Gasteiger partial charge >= 0.3 is 0 Å². The molecule has 0 spiro atoms. The summed E-state index contributed by atoms with van der Waals surface area (Å²) in [6.45, 7) is 5.08. The van der Waals surface area contributed by atoms with Gasteiger partial charge in [0.1, 0.15) is 5.75 Å². The molecule has 0 aliphatic carbocycles. The van der Waals surface area contributed by atoms with Gasteiger partial charge in [-0.3, -0.25) is 4.79 Å². The molecule has 1 aliphatic heterocycles. The van der Waals surface area contributed by atoms with Gasteiger partial charge in [-0.2, -0.15) is 0 Å². The SMILES string of the molecule is COc1ccc(Cl)cc1C(=O)N1CCN(c2ccc(C)cc2)CC1. The average Bonchev–Trinajstić information content (AvgIpc) is 2.62. The van der Waals surface area contributed by atoms with E-state index in [4.69, 9.17) is 16.3 Å². The second-order valence-corrected chi connectivity index (χ2v) is 6.40. The van der Waals surface area contributed by atoms with Crippen LogP contribution in [0.1, 0.15) is 15.9 Å². The summed E-state index contributed by atoms with van der Waals surface area (Å²) >= 11 is 6.04. The molecule has 4 nitrogen and oxygen atoms in total. The number of halogens is 1. The number of methoxy groups -OCH3 is 1. The standard InChI is InChI=1S/C19H21ClN2O2/c1-14-3-6-16(7-4-14)21-9-11-22(12-10-21)19(23)17-13-15(20)5-8-18(17)24-2/h3-8,13H,9-12H2,1-2H3. The molecule has 0 radical (unpaired) electrons. The molecule has 1 amide bonds. The molecule has 0 aromatic heterocycles. The molecule has 0 saturated carbocycles. The summed E-state index contributed by atoms with van der Waals surface area (Å²) in [6, 6.07) is 13.6. The fraction of sp³-hybridized carbons (Fsp3) is 0.316. The Hall–Kier alpha value is -2.20. The number of amides is 1. The number of ether oxygens (including phenoxy) is 1. The lowest BCUT2D eigenvalue weighted by atomic mass is 10.1. The van der Waals surface area contributed by atoms with Gasteiger partial charge in [-0.25, -0.2) is 0 Å². The third kappa shape index (κ3) is 3.49. The van der Waals surface area contributed by atoms with Crippen LogP contribution >= 0.6 is 11.6 Å². The monoisotopic (exact) mass is 344 g/mol. The van der Waals surface area contributed by atoms with Gasteiger partial charge in [-0.15, -0.1) is 0 Å². The molecule has 1 aliphatic rings. The van der Waals surface area contributed by atoms with Crippen LogP contribution in [0.15, 0.2) is 42.5 Å². The van der Waals surface area contributed by atoms with Crippen molar-refractivity contribution in [3.05, 3.63) is 58.6 Å². The fourth-order valence-corrected chi connectivity index (χ4v) is 3.11. The first-order valence-corrected chi connectivity index (χ1v) is 8.40. The Balaban J connectivity index is 1.69. The zero-order valence-corrected chi connectivity index (χ0v) is 14.7. The summed E-state index contributed by atoms with van der Waals surface area (Å²) in [6.07, 6.45) is 0. The molecule has 2 aromatic carbocycles. The third-order valence-corrected chi connectivity index (χ3v) is 4.59. The Kier molecular flexibility index (Phi) is 4.95. The number of benzene rings is 2. The molecule has 24 heavy (non-hydrogen) atoms. The zero-order chi connectivity index (χ0) is 17.1. The lowest BCUT2D eigenvalue weighted by Gasteiger charge is -2.36. The maximum absolute atomic E-state index is 12.8. The Morgan fingerprint density at radius 1 is 1.04 bits per heavy atom. The number of rotatable bonds is 3. The molecule has 0 atom stereocenters. The Morgan fingerprint density at radius 2 is 1.71 bits per heavy atom. The van der Waals surface area contributed by atoms with Gasteiger partial charge in [-0.1, -0.05) is 29.3 Å². The van der Waals surface area contributed by atoms with Crippen LogP contribution in [0.25, 0.3) is 0 Å². The second-order valence-electron chi connectivity index (χ2n) is 5.96. The van der Waals surface area contributed by atoms with Crippen LogP contribution < -0.4 is 9.64 Å². The first-order valence-electron chi connectivity index (χ1n) is 8.03. The summed E-state index contributed by atoms with van der Waals surface area (Å²) in [5.41, 5.74) is 2.97. The predicted octanol–water partition coefficient (Wildman–Crippen LogP) is 3.62. The van der Waals surface area contributed by atoms with E-state index < -0.39 is 0 Å². The highest BCUT2D eigenvalue weighted by molar-refractivity contribution is 6.31. The zero-order valence-electron chi connectivity index (χ0n) is 14.0. The van der Waals surface area contributed by atoms with Crippen LogP contribution in [0.2, 0.25) is 5.02 Å². The number of hydrogen-bond donors (Lipinski definition) is 0. The lowest BCUT2D eigenvalue weighted by Crippen LogP contribution is -2.48. The first kappa shape index (κ1) is 16.7. The van der Waals surface area contributed by atoms with Gasteiger partial charge in [0.25, 0.3) is 5.91 Å². The van der Waals surface area contributed by atoms with E-state index in [2.05, 4.69) is 36.1 Å². The summed E-state index contributed by atoms with van der Waals surface area (Å²) in [5.74, 6) is 0.531. The Labute approximate surface area is 147 Å². The number of anilines is 1. The molecule has 126 valence electrons. The van der Waals surface area contributed by atoms with E-state index in [-0.39, 0.29) is 5.91 Å². The van der Waals surface area contributed by atoms with Crippen molar-refractivity contribution in [1.82, 2.24) is 4.90 Å². The van der Waals surface area contributed by atoms with E-state index >= 15 is 0 Å². The summed E-state index contributed by atoms with van der Waals surface area (Å²) < 4.78 is 5.30. The number of nitrogens with zero attached hydrogens (tertiary/aromatic N) is 2. The van der Waals surface area contributed by atoms with E-state index in [0.29, 0.717) is 29.4 Å². The summed E-state index contributed by atoms with van der Waals surface area (Å²) in [5, 5.41) is 0.539.